The van der Waals surface area contributed by atoms with Crippen LogP contribution in [-0.4, -0.2) is 65.9 Å². The fourth-order valence-electron chi connectivity index (χ4n) is 3.77. The first-order valence-corrected chi connectivity index (χ1v) is 9.26. The number of rotatable bonds is 4. The maximum Gasteiger partial charge on any atom is 0.416 e. The van der Waals surface area contributed by atoms with Crippen molar-refractivity contribution in [2.24, 2.45) is 0 Å². The molecule has 0 bridgehead atoms. The fraction of sp³-hybridized carbons (Fsp3) is 0.632. The molecule has 0 N–H and O–H groups in total. The number of carbonyl (C=O) groups is 1. The molecule has 1 aromatic carbocycles. The predicted octanol–water partition coefficient (Wildman–Crippen LogP) is 2.83. The van der Waals surface area contributed by atoms with Crippen LogP contribution < -0.4 is 0 Å². The average Bonchev–Trinajstić information content (AvgIpc) is 3.15. The molecule has 0 spiro atoms. The monoisotopic (exact) mass is 369 g/mol. The summed E-state index contributed by atoms with van der Waals surface area (Å²) in [5, 5.41) is 0. The first-order valence-electron chi connectivity index (χ1n) is 9.26. The third-order valence-electron chi connectivity index (χ3n) is 5.39. The quantitative estimate of drug-likeness (QED) is 0.817. The Kier molecular flexibility index (Phi) is 5.87. The summed E-state index contributed by atoms with van der Waals surface area (Å²) >= 11 is 0. The van der Waals surface area contributed by atoms with Gasteiger partial charge in [-0.3, -0.25) is 14.6 Å². The van der Waals surface area contributed by atoms with Crippen LogP contribution in [0.3, 0.4) is 0 Å². The third kappa shape index (κ3) is 4.57. The van der Waals surface area contributed by atoms with E-state index < -0.39 is 11.7 Å². The molecule has 1 atom stereocenters. The van der Waals surface area contributed by atoms with Crippen LogP contribution in [0.4, 0.5) is 13.2 Å². The highest BCUT2D eigenvalue weighted by Crippen LogP contribution is 2.29. The highest BCUT2D eigenvalue weighted by atomic mass is 19.4. The molecule has 4 nitrogen and oxygen atoms in total. The summed E-state index contributed by atoms with van der Waals surface area (Å²) in [6, 6.07) is 5.41. The zero-order valence-electron chi connectivity index (χ0n) is 15.1. The summed E-state index contributed by atoms with van der Waals surface area (Å²) in [6.07, 6.45) is -2.13. The second-order valence-electron chi connectivity index (χ2n) is 7.22. The number of benzene rings is 1. The molecule has 0 radical (unpaired) electrons. The number of halogens is 3. The molecule has 7 heteroatoms. The van der Waals surface area contributed by atoms with Crippen molar-refractivity contribution in [1.29, 1.82) is 0 Å². The molecular formula is C19H26F3N3O. The van der Waals surface area contributed by atoms with E-state index in [9.17, 15) is 18.0 Å². The highest BCUT2D eigenvalue weighted by Gasteiger charge is 2.31. The number of nitrogens with zero attached hydrogens (tertiary/aromatic N) is 3. The second kappa shape index (κ2) is 7.96. The van der Waals surface area contributed by atoms with Crippen LogP contribution in [-0.2, 0) is 17.5 Å². The Balaban J connectivity index is 1.51. The van der Waals surface area contributed by atoms with Crippen molar-refractivity contribution in [3.63, 3.8) is 0 Å². The van der Waals surface area contributed by atoms with E-state index in [0.717, 1.165) is 58.2 Å². The molecule has 2 fully saturated rings. The molecule has 26 heavy (non-hydrogen) atoms. The molecule has 2 heterocycles. The van der Waals surface area contributed by atoms with Gasteiger partial charge in [0.05, 0.1) is 11.6 Å². The Labute approximate surface area is 152 Å². The molecule has 2 saturated heterocycles. The van der Waals surface area contributed by atoms with Gasteiger partial charge in [0.2, 0.25) is 5.91 Å². The van der Waals surface area contributed by atoms with Crippen molar-refractivity contribution in [2.45, 2.75) is 38.5 Å². The Morgan fingerprint density at radius 3 is 2.35 bits per heavy atom. The molecule has 0 aromatic heterocycles. The molecule has 144 valence electrons. The van der Waals surface area contributed by atoms with Crippen LogP contribution in [0.5, 0.6) is 0 Å². The van der Waals surface area contributed by atoms with E-state index in [1.807, 2.05) is 11.8 Å². The minimum Gasteiger partial charge on any atom is -0.341 e. The molecule has 2 aliphatic heterocycles. The van der Waals surface area contributed by atoms with Gasteiger partial charge in [0.25, 0.3) is 0 Å². The lowest BCUT2D eigenvalue weighted by atomic mass is 10.1. The zero-order valence-corrected chi connectivity index (χ0v) is 15.1. The van der Waals surface area contributed by atoms with Gasteiger partial charge in [0, 0.05) is 45.8 Å². The number of amides is 1. The van der Waals surface area contributed by atoms with Gasteiger partial charge in [0.1, 0.15) is 0 Å². The number of carbonyl (C=O) groups excluding carboxylic acids is 1. The molecule has 3 rings (SSSR count). The van der Waals surface area contributed by atoms with Crippen LogP contribution in [0.1, 0.15) is 30.9 Å². The summed E-state index contributed by atoms with van der Waals surface area (Å²) < 4.78 is 38.5. The molecule has 2 aliphatic rings. The van der Waals surface area contributed by atoms with Gasteiger partial charge in [-0.05, 0) is 31.4 Å². The Morgan fingerprint density at radius 1 is 1.08 bits per heavy atom. The van der Waals surface area contributed by atoms with Crippen LogP contribution in [0.2, 0.25) is 0 Å². The van der Waals surface area contributed by atoms with E-state index in [1.165, 1.54) is 12.1 Å². The summed E-state index contributed by atoms with van der Waals surface area (Å²) in [6.45, 7) is 7.23. The van der Waals surface area contributed by atoms with E-state index in [0.29, 0.717) is 12.1 Å². The first kappa shape index (κ1) is 19.2. The Morgan fingerprint density at radius 2 is 1.73 bits per heavy atom. The Bertz CT molecular complexity index is 621. The normalized spacial score (nSPS) is 21.2. The SMILES string of the molecule is CC(C(=O)N1CCCC1)N1CCN(Cc2cccc(C(F)(F)F)c2)CC1. The number of likely N-dealkylation sites (tertiary alicyclic amines) is 1. The predicted molar refractivity (Wildman–Crippen MR) is 93.6 cm³/mol. The van der Waals surface area contributed by atoms with Gasteiger partial charge in [-0.15, -0.1) is 0 Å². The van der Waals surface area contributed by atoms with Crippen molar-refractivity contribution in [3.8, 4) is 0 Å². The van der Waals surface area contributed by atoms with Crippen molar-refractivity contribution >= 4 is 5.91 Å². The standard InChI is InChI=1S/C19H26F3N3O/c1-15(18(26)25-7-2-3-8-25)24-11-9-23(10-12-24)14-16-5-4-6-17(13-16)19(20,21)22/h4-6,13,15H,2-3,7-12,14H2,1H3. The Hall–Kier alpha value is -1.60. The summed E-state index contributed by atoms with van der Waals surface area (Å²) in [5.74, 6) is 0.203. The van der Waals surface area contributed by atoms with Gasteiger partial charge < -0.3 is 4.90 Å². The minimum absolute atomic E-state index is 0.121. The largest absolute Gasteiger partial charge is 0.416 e. The van der Waals surface area contributed by atoms with Crippen LogP contribution in [0, 0.1) is 0 Å². The molecule has 0 aliphatic carbocycles. The van der Waals surface area contributed by atoms with E-state index in [-0.39, 0.29) is 11.9 Å². The number of hydrogen-bond donors (Lipinski definition) is 0. The first-order chi connectivity index (χ1) is 12.3. The van der Waals surface area contributed by atoms with E-state index in [2.05, 4.69) is 9.80 Å². The van der Waals surface area contributed by atoms with Gasteiger partial charge >= 0.3 is 6.18 Å². The number of alkyl halides is 3. The van der Waals surface area contributed by atoms with Crippen LogP contribution >= 0.6 is 0 Å². The number of hydrogen-bond acceptors (Lipinski definition) is 3. The molecule has 1 amide bonds. The highest BCUT2D eigenvalue weighted by molar-refractivity contribution is 5.81. The zero-order chi connectivity index (χ0) is 18.7. The van der Waals surface area contributed by atoms with Crippen LogP contribution in [0.25, 0.3) is 0 Å². The van der Waals surface area contributed by atoms with E-state index >= 15 is 0 Å². The molecular weight excluding hydrogens is 343 g/mol. The van der Waals surface area contributed by atoms with Gasteiger partial charge in [-0.25, -0.2) is 0 Å². The van der Waals surface area contributed by atoms with Gasteiger partial charge in [-0.1, -0.05) is 18.2 Å². The summed E-state index contributed by atoms with van der Waals surface area (Å²) in [7, 11) is 0. The fourth-order valence-corrected chi connectivity index (χ4v) is 3.77. The minimum atomic E-state index is -4.31. The third-order valence-corrected chi connectivity index (χ3v) is 5.39. The van der Waals surface area contributed by atoms with Crippen LogP contribution in [0.15, 0.2) is 24.3 Å². The second-order valence-corrected chi connectivity index (χ2v) is 7.22. The summed E-state index contributed by atoms with van der Waals surface area (Å²) in [4.78, 5) is 18.8. The summed E-state index contributed by atoms with van der Waals surface area (Å²) in [5.41, 5.74) is 0.0768. The lowest BCUT2D eigenvalue weighted by Gasteiger charge is -2.38. The van der Waals surface area contributed by atoms with E-state index in [1.54, 1.807) is 6.07 Å². The van der Waals surface area contributed by atoms with Crippen molar-refractivity contribution in [2.75, 3.05) is 39.3 Å². The molecule has 1 unspecified atom stereocenters. The van der Waals surface area contributed by atoms with Crippen molar-refractivity contribution in [1.82, 2.24) is 14.7 Å². The smallest absolute Gasteiger partial charge is 0.341 e. The molecule has 0 saturated carbocycles. The van der Waals surface area contributed by atoms with Gasteiger partial charge in [-0.2, -0.15) is 13.2 Å². The van der Waals surface area contributed by atoms with Crippen molar-refractivity contribution < 1.29 is 18.0 Å². The lowest BCUT2D eigenvalue weighted by molar-refractivity contribution is -0.137. The molecule has 1 aromatic rings. The maximum absolute atomic E-state index is 12.8. The van der Waals surface area contributed by atoms with Crippen molar-refractivity contribution in [3.05, 3.63) is 35.4 Å². The topological polar surface area (TPSA) is 26.8 Å². The van der Waals surface area contributed by atoms with Gasteiger partial charge in [0.15, 0.2) is 0 Å². The lowest BCUT2D eigenvalue weighted by Crippen LogP contribution is -2.54. The average molecular weight is 369 g/mol. The number of piperazine rings is 1. The van der Waals surface area contributed by atoms with E-state index in [4.69, 9.17) is 0 Å². The maximum atomic E-state index is 12.8.